The lowest BCUT2D eigenvalue weighted by Crippen LogP contribution is -2.37. The number of aliphatic hydroxyl groups excluding tert-OH is 1. The van der Waals surface area contributed by atoms with Gasteiger partial charge in [-0.05, 0) is 12.8 Å². The van der Waals surface area contributed by atoms with Crippen molar-refractivity contribution in [1.82, 2.24) is 19.5 Å². The molecule has 0 aromatic carbocycles. The Morgan fingerprint density at radius 3 is 3.09 bits per heavy atom. The predicted octanol–water partition coefficient (Wildman–Crippen LogP) is 0.115. The number of hydrogen-bond acceptors (Lipinski definition) is 8. The SMILES string of the molecule is Nc1ncnc2c1ncn2[C@H]1CC[C@@](CO)(CO[P+](=O)O)O1. The quantitative estimate of drug-likeness (QED) is 0.651. The van der Waals surface area contributed by atoms with E-state index in [1.807, 2.05) is 0 Å². The molecule has 22 heavy (non-hydrogen) atoms. The Labute approximate surface area is 125 Å². The lowest BCUT2D eigenvalue weighted by atomic mass is 10.0. The molecule has 0 amide bonds. The molecule has 2 aromatic rings. The van der Waals surface area contributed by atoms with Crippen LogP contribution in [0.1, 0.15) is 19.1 Å². The van der Waals surface area contributed by atoms with Crippen molar-refractivity contribution in [1.29, 1.82) is 0 Å². The van der Waals surface area contributed by atoms with Crippen LogP contribution >= 0.6 is 8.25 Å². The molecule has 0 spiro atoms. The van der Waals surface area contributed by atoms with Crippen molar-refractivity contribution < 1.29 is 23.8 Å². The first kappa shape index (κ1) is 15.2. The topological polar surface area (TPSA) is 146 Å². The highest BCUT2D eigenvalue weighted by Gasteiger charge is 2.43. The number of ether oxygens (including phenoxy) is 1. The van der Waals surface area contributed by atoms with Gasteiger partial charge in [0.25, 0.3) is 0 Å². The van der Waals surface area contributed by atoms with Gasteiger partial charge in [-0.1, -0.05) is 0 Å². The molecular formula is C11H15N5O5P+. The predicted molar refractivity (Wildman–Crippen MR) is 74.7 cm³/mol. The summed E-state index contributed by atoms with van der Waals surface area (Å²) in [6.45, 7) is -0.494. The molecule has 1 unspecified atom stereocenters. The smallest absolute Gasteiger partial charge is 0.393 e. The molecule has 3 atom stereocenters. The van der Waals surface area contributed by atoms with Gasteiger partial charge in [-0.2, -0.15) is 0 Å². The average molecular weight is 328 g/mol. The Bertz CT molecular complexity index is 709. The molecular weight excluding hydrogens is 313 g/mol. The Hall–Kier alpha value is -1.71. The molecule has 1 fully saturated rings. The fraction of sp³-hybridized carbons (Fsp3) is 0.545. The maximum atomic E-state index is 10.7. The minimum absolute atomic E-state index is 0.171. The Kier molecular flexibility index (Phi) is 4.02. The molecule has 1 aliphatic rings. The maximum absolute atomic E-state index is 10.7. The molecule has 2 aromatic heterocycles. The summed E-state index contributed by atoms with van der Waals surface area (Å²) in [6, 6.07) is 0. The molecule has 4 N–H and O–H groups in total. The molecule has 1 aliphatic heterocycles. The van der Waals surface area contributed by atoms with E-state index in [9.17, 15) is 9.67 Å². The minimum atomic E-state index is -2.74. The molecule has 118 valence electrons. The van der Waals surface area contributed by atoms with E-state index >= 15 is 0 Å². The summed E-state index contributed by atoms with van der Waals surface area (Å²) in [7, 11) is -2.74. The van der Waals surface area contributed by atoms with Gasteiger partial charge in [0.05, 0.1) is 12.9 Å². The molecule has 10 nitrogen and oxygen atoms in total. The zero-order chi connectivity index (χ0) is 15.7. The molecule has 3 rings (SSSR count). The largest absolute Gasteiger partial charge is 0.694 e. The van der Waals surface area contributed by atoms with Crippen LogP contribution in [0.3, 0.4) is 0 Å². The number of fused-ring (bicyclic) bond motifs is 1. The Balaban J connectivity index is 1.84. The van der Waals surface area contributed by atoms with Gasteiger partial charge in [-0.25, -0.2) is 15.0 Å². The van der Waals surface area contributed by atoms with Crippen molar-refractivity contribution in [2.24, 2.45) is 0 Å². The van der Waals surface area contributed by atoms with Crippen molar-refractivity contribution in [2.45, 2.75) is 24.7 Å². The number of nitrogens with zero attached hydrogens (tertiary/aromatic N) is 4. The zero-order valence-corrected chi connectivity index (χ0v) is 12.4. The van der Waals surface area contributed by atoms with E-state index < -0.39 is 20.1 Å². The van der Waals surface area contributed by atoms with E-state index in [2.05, 4.69) is 15.0 Å². The van der Waals surface area contributed by atoms with E-state index in [1.54, 1.807) is 10.9 Å². The van der Waals surface area contributed by atoms with Crippen LogP contribution < -0.4 is 5.73 Å². The zero-order valence-electron chi connectivity index (χ0n) is 11.5. The standard InChI is InChI=1S/C11H14N5O5P/c12-9-8-10(14-5-13-9)16(6-15-8)7-1-2-11(3-17,21-7)4-20-22(18)19/h5-7,17H,1-4H2,(H2-,12,13,14,18,19)/p+1/t7-,11-/m1/s1. The van der Waals surface area contributed by atoms with Gasteiger partial charge >= 0.3 is 8.25 Å². The van der Waals surface area contributed by atoms with E-state index in [4.69, 9.17) is 19.9 Å². The summed E-state index contributed by atoms with van der Waals surface area (Å²) >= 11 is 0. The minimum Gasteiger partial charge on any atom is -0.393 e. The number of aliphatic hydroxyl groups is 1. The maximum Gasteiger partial charge on any atom is 0.694 e. The Morgan fingerprint density at radius 1 is 1.55 bits per heavy atom. The molecule has 1 saturated heterocycles. The average Bonchev–Trinajstić information content (AvgIpc) is 3.10. The summed E-state index contributed by atoms with van der Waals surface area (Å²) in [6.07, 6.45) is 3.50. The fourth-order valence-corrected chi connectivity index (χ4v) is 2.86. The van der Waals surface area contributed by atoms with Gasteiger partial charge in [0, 0.05) is 4.57 Å². The van der Waals surface area contributed by atoms with E-state index in [0.717, 1.165) is 0 Å². The molecule has 0 bridgehead atoms. The lowest BCUT2D eigenvalue weighted by Gasteiger charge is -2.24. The summed E-state index contributed by atoms with van der Waals surface area (Å²) in [4.78, 5) is 20.9. The first-order valence-electron chi connectivity index (χ1n) is 6.55. The summed E-state index contributed by atoms with van der Waals surface area (Å²) in [5.74, 6) is 0.274. The normalized spacial score (nSPS) is 25.7. The van der Waals surface area contributed by atoms with Crippen molar-refractivity contribution in [3.05, 3.63) is 12.7 Å². The fourth-order valence-electron chi connectivity index (χ4n) is 2.51. The number of hydrogen-bond donors (Lipinski definition) is 3. The van der Waals surface area contributed by atoms with Crippen molar-refractivity contribution in [3.8, 4) is 0 Å². The van der Waals surface area contributed by atoms with Crippen LogP contribution in [-0.2, 0) is 13.8 Å². The molecule has 3 heterocycles. The third kappa shape index (κ3) is 2.67. The van der Waals surface area contributed by atoms with Crippen LogP contribution in [0, 0.1) is 0 Å². The molecule has 11 heteroatoms. The van der Waals surface area contributed by atoms with Crippen LogP contribution in [-0.4, -0.2) is 48.3 Å². The number of anilines is 1. The van der Waals surface area contributed by atoms with Gasteiger partial charge < -0.3 is 15.6 Å². The highest BCUT2D eigenvalue weighted by molar-refractivity contribution is 7.32. The number of nitrogens with two attached hydrogens (primary N) is 1. The number of rotatable bonds is 5. The van der Waals surface area contributed by atoms with Crippen LogP contribution in [0.15, 0.2) is 12.7 Å². The van der Waals surface area contributed by atoms with Crippen LogP contribution in [0.25, 0.3) is 11.2 Å². The Morgan fingerprint density at radius 2 is 2.36 bits per heavy atom. The van der Waals surface area contributed by atoms with E-state index in [-0.39, 0.29) is 19.0 Å². The van der Waals surface area contributed by atoms with Crippen molar-refractivity contribution in [3.63, 3.8) is 0 Å². The second-order valence-corrected chi connectivity index (χ2v) is 5.78. The third-order valence-corrected chi connectivity index (χ3v) is 4.01. The number of aromatic nitrogens is 4. The van der Waals surface area contributed by atoms with Gasteiger partial charge in [-0.3, -0.25) is 4.57 Å². The third-order valence-electron chi connectivity index (χ3n) is 3.66. The van der Waals surface area contributed by atoms with Crippen LogP contribution in [0.2, 0.25) is 0 Å². The van der Waals surface area contributed by atoms with Crippen LogP contribution in [0.5, 0.6) is 0 Å². The van der Waals surface area contributed by atoms with Gasteiger partial charge in [-0.15, -0.1) is 9.42 Å². The summed E-state index contributed by atoms with van der Waals surface area (Å²) < 4.78 is 22.9. The van der Waals surface area contributed by atoms with E-state index in [0.29, 0.717) is 24.0 Å². The highest BCUT2D eigenvalue weighted by atomic mass is 31.1. The first-order valence-corrected chi connectivity index (χ1v) is 7.68. The monoisotopic (exact) mass is 328 g/mol. The van der Waals surface area contributed by atoms with E-state index in [1.165, 1.54) is 6.33 Å². The highest BCUT2D eigenvalue weighted by Crippen LogP contribution is 2.39. The van der Waals surface area contributed by atoms with Crippen molar-refractivity contribution >= 4 is 25.2 Å². The molecule has 0 saturated carbocycles. The van der Waals surface area contributed by atoms with Gasteiger partial charge in [0.2, 0.25) is 0 Å². The molecule has 0 aliphatic carbocycles. The second kappa shape index (κ2) is 5.82. The second-order valence-electron chi connectivity index (χ2n) is 5.05. The summed E-state index contributed by atoms with van der Waals surface area (Å²) in [5.41, 5.74) is 5.72. The summed E-state index contributed by atoms with van der Waals surface area (Å²) in [5, 5.41) is 9.55. The molecule has 0 radical (unpaired) electrons. The number of nitrogen functional groups attached to an aromatic ring is 1. The van der Waals surface area contributed by atoms with Gasteiger partial charge in [0.1, 0.15) is 30.3 Å². The van der Waals surface area contributed by atoms with Crippen molar-refractivity contribution in [2.75, 3.05) is 18.9 Å². The lowest BCUT2D eigenvalue weighted by molar-refractivity contribution is -0.115. The number of imidazole rings is 1. The first-order chi connectivity index (χ1) is 10.5. The van der Waals surface area contributed by atoms with Crippen LogP contribution in [0.4, 0.5) is 5.82 Å². The van der Waals surface area contributed by atoms with Gasteiger partial charge in [0.15, 0.2) is 11.5 Å².